The van der Waals surface area contributed by atoms with Gasteiger partial charge in [0.05, 0.1) is 17.1 Å². The van der Waals surface area contributed by atoms with E-state index in [1.54, 1.807) is 0 Å². The van der Waals surface area contributed by atoms with Crippen LogP contribution in [0, 0.1) is 13.8 Å². The highest BCUT2D eigenvalue weighted by atomic mass is 15.1. The Balaban J connectivity index is 1.58. The molecular formula is C17H22N4. The highest BCUT2D eigenvalue weighted by Crippen LogP contribution is 2.26. The molecule has 0 atom stereocenters. The summed E-state index contributed by atoms with van der Waals surface area (Å²) in [5.74, 6) is 0.555. The zero-order chi connectivity index (χ0) is 14.7. The van der Waals surface area contributed by atoms with Gasteiger partial charge in [-0.1, -0.05) is 6.07 Å². The van der Waals surface area contributed by atoms with Gasteiger partial charge in [0.1, 0.15) is 0 Å². The van der Waals surface area contributed by atoms with Crippen molar-refractivity contribution in [3.05, 3.63) is 53.4 Å². The molecule has 0 amide bonds. The molecule has 3 rings (SSSR count). The third-order valence-electron chi connectivity index (χ3n) is 4.11. The van der Waals surface area contributed by atoms with E-state index in [1.165, 1.54) is 5.69 Å². The largest absolute Gasteiger partial charge is 0.297 e. The van der Waals surface area contributed by atoms with E-state index in [0.717, 1.165) is 49.6 Å². The first-order chi connectivity index (χ1) is 10.2. The molecule has 1 saturated heterocycles. The first-order valence-electron chi connectivity index (χ1n) is 7.64. The van der Waals surface area contributed by atoms with Gasteiger partial charge < -0.3 is 0 Å². The minimum Gasteiger partial charge on any atom is -0.297 e. The van der Waals surface area contributed by atoms with Crippen LogP contribution in [0.25, 0.3) is 0 Å². The van der Waals surface area contributed by atoms with Crippen LogP contribution in [0.1, 0.15) is 41.5 Å². The van der Waals surface area contributed by atoms with Crippen molar-refractivity contribution in [1.82, 2.24) is 19.9 Å². The molecular weight excluding hydrogens is 260 g/mol. The Kier molecular flexibility index (Phi) is 4.25. The molecule has 2 aromatic heterocycles. The van der Waals surface area contributed by atoms with Crippen molar-refractivity contribution in [2.45, 2.75) is 39.2 Å². The number of likely N-dealkylation sites (tertiary alicyclic amines) is 1. The molecule has 0 bridgehead atoms. The van der Waals surface area contributed by atoms with Crippen molar-refractivity contribution < 1.29 is 0 Å². The smallest absolute Gasteiger partial charge is 0.0621 e. The van der Waals surface area contributed by atoms with Crippen molar-refractivity contribution in [2.24, 2.45) is 0 Å². The average molecular weight is 282 g/mol. The molecule has 1 fully saturated rings. The van der Waals surface area contributed by atoms with Gasteiger partial charge in [-0.25, -0.2) is 0 Å². The molecule has 2 aromatic rings. The molecule has 0 aliphatic carbocycles. The van der Waals surface area contributed by atoms with Crippen LogP contribution in [-0.4, -0.2) is 32.9 Å². The predicted molar refractivity (Wildman–Crippen MR) is 83.0 cm³/mol. The molecule has 4 nitrogen and oxygen atoms in total. The van der Waals surface area contributed by atoms with Gasteiger partial charge in [-0.05, 0) is 51.9 Å². The Morgan fingerprint density at radius 2 is 1.86 bits per heavy atom. The van der Waals surface area contributed by atoms with E-state index in [9.17, 15) is 0 Å². The summed E-state index contributed by atoms with van der Waals surface area (Å²) in [6.45, 7) is 7.22. The SMILES string of the molecule is Cc1cccc(CN2CCC(c3cncc(C)n3)CC2)n1. The summed E-state index contributed by atoms with van der Waals surface area (Å²) >= 11 is 0. The molecule has 0 aromatic carbocycles. The van der Waals surface area contributed by atoms with Crippen molar-refractivity contribution in [2.75, 3.05) is 13.1 Å². The number of nitrogens with zero attached hydrogens (tertiary/aromatic N) is 4. The van der Waals surface area contributed by atoms with Crippen LogP contribution < -0.4 is 0 Å². The molecule has 0 radical (unpaired) electrons. The van der Waals surface area contributed by atoms with Crippen LogP contribution in [-0.2, 0) is 6.54 Å². The van der Waals surface area contributed by atoms with Crippen molar-refractivity contribution in [1.29, 1.82) is 0 Å². The molecule has 4 heteroatoms. The fourth-order valence-corrected chi connectivity index (χ4v) is 2.98. The summed E-state index contributed by atoms with van der Waals surface area (Å²) in [5, 5.41) is 0. The molecule has 21 heavy (non-hydrogen) atoms. The number of piperidine rings is 1. The van der Waals surface area contributed by atoms with E-state index >= 15 is 0 Å². The lowest BCUT2D eigenvalue weighted by Gasteiger charge is -2.31. The Hall–Kier alpha value is -1.81. The summed E-state index contributed by atoms with van der Waals surface area (Å²) in [6.07, 6.45) is 6.06. The van der Waals surface area contributed by atoms with Crippen molar-refractivity contribution >= 4 is 0 Å². The predicted octanol–water partition coefficient (Wildman–Crippen LogP) is 2.87. The quantitative estimate of drug-likeness (QED) is 0.868. The molecule has 0 spiro atoms. The minimum atomic E-state index is 0.555. The van der Waals surface area contributed by atoms with Crippen molar-refractivity contribution in [3.63, 3.8) is 0 Å². The van der Waals surface area contributed by atoms with Crippen LogP contribution in [0.5, 0.6) is 0 Å². The summed E-state index contributed by atoms with van der Waals surface area (Å²) < 4.78 is 0. The molecule has 0 unspecified atom stereocenters. The summed E-state index contributed by atoms with van der Waals surface area (Å²) in [5.41, 5.74) is 4.43. The van der Waals surface area contributed by atoms with E-state index < -0.39 is 0 Å². The second-order valence-electron chi connectivity index (χ2n) is 5.91. The molecule has 3 heterocycles. The number of pyridine rings is 1. The maximum Gasteiger partial charge on any atom is 0.0621 e. The first kappa shape index (κ1) is 14.1. The van der Waals surface area contributed by atoms with Crippen LogP contribution in [0.2, 0.25) is 0 Å². The van der Waals surface area contributed by atoms with Gasteiger partial charge >= 0.3 is 0 Å². The second-order valence-corrected chi connectivity index (χ2v) is 5.91. The highest BCUT2D eigenvalue weighted by Gasteiger charge is 2.22. The van der Waals surface area contributed by atoms with Gasteiger partial charge in [0.25, 0.3) is 0 Å². The lowest BCUT2D eigenvalue weighted by Crippen LogP contribution is -2.33. The highest BCUT2D eigenvalue weighted by molar-refractivity contribution is 5.11. The number of hydrogen-bond donors (Lipinski definition) is 0. The lowest BCUT2D eigenvalue weighted by atomic mass is 9.93. The van der Waals surface area contributed by atoms with Crippen LogP contribution >= 0.6 is 0 Å². The van der Waals surface area contributed by atoms with Gasteiger partial charge in [0, 0.05) is 30.6 Å². The average Bonchev–Trinajstić information content (AvgIpc) is 2.48. The Morgan fingerprint density at radius 3 is 2.57 bits per heavy atom. The number of aromatic nitrogens is 3. The van der Waals surface area contributed by atoms with Crippen LogP contribution in [0.3, 0.4) is 0 Å². The van der Waals surface area contributed by atoms with E-state index in [2.05, 4.69) is 32.0 Å². The maximum absolute atomic E-state index is 4.62. The van der Waals surface area contributed by atoms with Gasteiger partial charge in [0.15, 0.2) is 0 Å². The third kappa shape index (κ3) is 3.64. The normalized spacial score (nSPS) is 17.0. The van der Waals surface area contributed by atoms with Crippen LogP contribution in [0.15, 0.2) is 30.6 Å². The summed E-state index contributed by atoms with van der Waals surface area (Å²) in [7, 11) is 0. The second kappa shape index (κ2) is 6.31. The first-order valence-corrected chi connectivity index (χ1v) is 7.64. The van der Waals surface area contributed by atoms with E-state index in [4.69, 9.17) is 0 Å². The number of aryl methyl sites for hydroxylation is 2. The third-order valence-corrected chi connectivity index (χ3v) is 4.11. The molecule has 1 aliphatic heterocycles. The molecule has 110 valence electrons. The Labute approximate surface area is 126 Å². The topological polar surface area (TPSA) is 41.9 Å². The minimum absolute atomic E-state index is 0.555. The zero-order valence-corrected chi connectivity index (χ0v) is 12.8. The summed E-state index contributed by atoms with van der Waals surface area (Å²) in [4.78, 5) is 16.0. The molecule has 1 aliphatic rings. The molecule has 0 saturated carbocycles. The number of hydrogen-bond acceptors (Lipinski definition) is 4. The Bertz CT molecular complexity index is 603. The van der Waals surface area contributed by atoms with Crippen LogP contribution in [0.4, 0.5) is 0 Å². The maximum atomic E-state index is 4.62. The van der Waals surface area contributed by atoms with Gasteiger partial charge in [0.2, 0.25) is 0 Å². The number of rotatable bonds is 3. The lowest BCUT2D eigenvalue weighted by molar-refractivity contribution is 0.201. The standard InChI is InChI=1S/C17H22N4/c1-13-4-3-5-16(19-13)12-21-8-6-15(7-9-21)17-11-18-10-14(2)20-17/h3-5,10-11,15H,6-9,12H2,1-2H3. The van der Waals surface area contributed by atoms with Gasteiger partial charge in [-0.2, -0.15) is 0 Å². The van der Waals surface area contributed by atoms with E-state index in [0.29, 0.717) is 5.92 Å². The summed E-state index contributed by atoms with van der Waals surface area (Å²) in [6, 6.07) is 6.25. The molecule has 0 N–H and O–H groups in total. The van der Waals surface area contributed by atoms with Gasteiger partial charge in [-0.3, -0.25) is 19.9 Å². The fraction of sp³-hybridized carbons (Fsp3) is 0.471. The monoisotopic (exact) mass is 282 g/mol. The Morgan fingerprint density at radius 1 is 1.05 bits per heavy atom. The van der Waals surface area contributed by atoms with E-state index in [-0.39, 0.29) is 0 Å². The fourth-order valence-electron chi connectivity index (χ4n) is 2.98. The van der Waals surface area contributed by atoms with Gasteiger partial charge in [-0.15, -0.1) is 0 Å². The van der Waals surface area contributed by atoms with E-state index in [1.807, 2.05) is 32.3 Å². The zero-order valence-electron chi connectivity index (χ0n) is 12.8. The van der Waals surface area contributed by atoms with Crippen molar-refractivity contribution in [3.8, 4) is 0 Å².